The molecule has 1 aliphatic rings. The van der Waals surface area contributed by atoms with Gasteiger partial charge in [0, 0.05) is 50.8 Å². The summed E-state index contributed by atoms with van der Waals surface area (Å²) in [6.45, 7) is 4.31. The van der Waals surface area contributed by atoms with Crippen molar-refractivity contribution in [2.45, 2.75) is 19.5 Å². The zero-order valence-electron chi connectivity index (χ0n) is 14.1. The van der Waals surface area contributed by atoms with Crippen molar-refractivity contribution >= 4 is 5.91 Å². The lowest BCUT2D eigenvalue weighted by atomic mass is 10.0. The van der Waals surface area contributed by atoms with E-state index in [1.165, 1.54) is 0 Å². The molecule has 2 aromatic rings. The standard InChI is InChI=1S/C18H24N4O2/c1-13-8-16(21(2)20-13)10-22-9-15(12-23)17(11-22)19-18(24)14-6-4-3-5-7-14/h3-8,15,17,23H,9-12H2,1-2H3,(H,19,24)/t15-,17+/m0/s1. The van der Waals surface area contributed by atoms with Gasteiger partial charge in [0.25, 0.3) is 5.91 Å². The summed E-state index contributed by atoms with van der Waals surface area (Å²) < 4.78 is 1.89. The van der Waals surface area contributed by atoms with Crippen molar-refractivity contribution in [3.05, 3.63) is 53.3 Å². The maximum Gasteiger partial charge on any atom is 0.251 e. The second kappa shape index (κ2) is 7.15. The third-order valence-electron chi connectivity index (χ3n) is 4.59. The molecule has 0 saturated carbocycles. The van der Waals surface area contributed by atoms with Crippen LogP contribution in [0.5, 0.6) is 0 Å². The Kier molecular flexibility index (Phi) is 4.97. The van der Waals surface area contributed by atoms with Crippen molar-refractivity contribution in [1.29, 1.82) is 0 Å². The van der Waals surface area contributed by atoms with Crippen molar-refractivity contribution in [1.82, 2.24) is 20.0 Å². The van der Waals surface area contributed by atoms with Crippen LogP contribution in [0.25, 0.3) is 0 Å². The fourth-order valence-electron chi connectivity index (χ4n) is 3.32. The number of rotatable bonds is 5. The van der Waals surface area contributed by atoms with Gasteiger partial charge in [0.2, 0.25) is 0 Å². The fourth-order valence-corrected chi connectivity index (χ4v) is 3.32. The summed E-state index contributed by atoms with van der Waals surface area (Å²) in [7, 11) is 1.94. The Hall–Kier alpha value is -2.18. The molecule has 1 fully saturated rings. The van der Waals surface area contributed by atoms with E-state index in [-0.39, 0.29) is 24.5 Å². The lowest BCUT2D eigenvalue weighted by Gasteiger charge is -2.18. The fraction of sp³-hybridized carbons (Fsp3) is 0.444. The van der Waals surface area contributed by atoms with Crippen LogP contribution in [0.3, 0.4) is 0 Å². The molecule has 0 spiro atoms. The minimum atomic E-state index is -0.0859. The van der Waals surface area contributed by atoms with E-state index in [2.05, 4.69) is 21.4 Å². The summed E-state index contributed by atoms with van der Waals surface area (Å²) in [4.78, 5) is 14.6. The predicted molar refractivity (Wildman–Crippen MR) is 91.5 cm³/mol. The molecule has 128 valence electrons. The van der Waals surface area contributed by atoms with E-state index in [0.29, 0.717) is 5.56 Å². The molecular weight excluding hydrogens is 304 g/mol. The average molecular weight is 328 g/mol. The molecule has 1 aromatic carbocycles. The zero-order chi connectivity index (χ0) is 17.1. The number of nitrogens with one attached hydrogen (secondary N) is 1. The topological polar surface area (TPSA) is 70.4 Å². The molecule has 6 heteroatoms. The monoisotopic (exact) mass is 328 g/mol. The minimum absolute atomic E-state index is 0.0444. The first-order valence-corrected chi connectivity index (χ1v) is 8.25. The maximum atomic E-state index is 12.4. The van der Waals surface area contributed by atoms with E-state index >= 15 is 0 Å². The average Bonchev–Trinajstić information content (AvgIpc) is 3.10. The smallest absolute Gasteiger partial charge is 0.251 e. The minimum Gasteiger partial charge on any atom is -0.396 e. The molecule has 1 aromatic heterocycles. The molecule has 1 saturated heterocycles. The van der Waals surface area contributed by atoms with E-state index in [4.69, 9.17) is 0 Å². The summed E-state index contributed by atoms with van der Waals surface area (Å²) in [6, 6.07) is 11.2. The van der Waals surface area contributed by atoms with Crippen LogP contribution >= 0.6 is 0 Å². The van der Waals surface area contributed by atoms with Gasteiger partial charge in [-0.05, 0) is 25.1 Å². The predicted octanol–water partition coefficient (Wildman–Crippen LogP) is 0.951. The Bertz CT molecular complexity index is 698. The Morgan fingerprint density at radius 3 is 2.71 bits per heavy atom. The number of aliphatic hydroxyl groups excluding tert-OH is 1. The van der Waals surface area contributed by atoms with Crippen LogP contribution in [0, 0.1) is 12.8 Å². The lowest BCUT2D eigenvalue weighted by molar-refractivity contribution is 0.0921. The van der Waals surface area contributed by atoms with E-state index in [0.717, 1.165) is 31.0 Å². The summed E-state index contributed by atoms with van der Waals surface area (Å²) in [6.07, 6.45) is 0. The van der Waals surface area contributed by atoms with Crippen molar-refractivity contribution < 1.29 is 9.90 Å². The summed E-state index contributed by atoms with van der Waals surface area (Å²) >= 11 is 0. The van der Waals surface area contributed by atoms with Crippen molar-refractivity contribution in [3.8, 4) is 0 Å². The number of carbonyl (C=O) groups excluding carboxylic acids is 1. The van der Waals surface area contributed by atoms with Gasteiger partial charge < -0.3 is 10.4 Å². The number of amides is 1. The van der Waals surface area contributed by atoms with Crippen LogP contribution in [-0.2, 0) is 13.6 Å². The molecule has 0 radical (unpaired) electrons. The molecule has 1 aliphatic heterocycles. The number of aliphatic hydroxyl groups is 1. The van der Waals surface area contributed by atoms with Gasteiger partial charge >= 0.3 is 0 Å². The molecule has 0 bridgehead atoms. The van der Waals surface area contributed by atoms with E-state index < -0.39 is 0 Å². The molecule has 2 atom stereocenters. The zero-order valence-corrected chi connectivity index (χ0v) is 14.1. The normalized spacial score (nSPS) is 21.1. The molecule has 0 unspecified atom stereocenters. The Balaban J connectivity index is 1.64. The number of hydrogen-bond acceptors (Lipinski definition) is 4. The summed E-state index contributed by atoms with van der Waals surface area (Å²) in [5.41, 5.74) is 2.79. The molecule has 1 amide bonds. The highest BCUT2D eigenvalue weighted by Crippen LogP contribution is 2.20. The molecule has 6 nitrogen and oxygen atoms in total. The first-order chi connectivity index (χ1) is 11.6. The number of likely N-dealkylation sites (tertiary alicyclic amines) is 1. The van der Waals surface area contributed by atoms with Gasteiger partial charge in [0.1, 0.15) is 0 Å². The summed E-state index contributed by atoms with van der Waals surface area (Å²) in [5, 5.41) is 17.1. The van der Waals surface area contributed by atoms with E-state index in [9.17, 15) is 9.90 Å². The number of aromatic nitrogens is 2. The van der Waals surface area contributed by atoms with E-state index in [1.807, 2.05) is 36.9 Å². The Morgan fingerprint density at radius 1 is 1.33 bits per heavy atom. The highest BCUT2D eigenvalue weighted by Gasteiger charge is 2.33. The Morgan fingerprint density at radius 2 is 2.08 bits per heavy atom. The molecule has 2 N–H and O–H groups in total. The third-order valence-corrected chi connectivity index (χ3v) is 4.59. The molecular formula is C18H24N4O2. The number of aryl methyl sites for hydroxylation is 2. The van der Waals surface area contributed by atoms with Gasteiger partial charge in [-0.1, -0.05) is 18.2 Å². The van der Waals surface area contributed by atoms with Crippen LogP contribution in [0.4, 0.5) is 0 Å². The van der Waals surface area contributed by atoms with Crippen LogP contribution in [-0.4, -0.2) is 51.4 Å². The van der Waals surface area contributed by atoms with Gasteiger partial charge in [-0.3, -0.25) is 14.4 Å². The van der Waals surface area contributed by atoms with Gasteiger partial charge in [0.15, 0.2) is 0 Å². The van der Waals surface area contributed by atoms with Gasteiger partial charge in [-0.15, -0.1) is 0 Å². The second-order valence-electron chi connectivity index (χ2n) is 6.48. The molecule has 0 aliphatic carbocycles. The van der Waals surface area contributed by atoms with Crippen LogP contribution in [0.2, 0.25) is 0 Å². The maximum absolute atomic E-state index is 12.4. The van der Waals surface area contributed by atoms with Crippen LogP contribution in [0.1, 0.15) is 21.7 Å². The number of nitrogens with zero attached hydrogens (tertiary/aromatic N) is 3. The van der Waals surface area contributed by atoms with Crippen molar-refractivity contribution in [3.63, 3.8) is 0 Å². The highest BCUT2D eigenvalue weighted by molar-refractivity contribution is 5.94. The van der Waals surface area contributed by atoms with Gasteiger partial charge in [-0.2, -0.15) is 5.10 Å². The Labute approximate surface area is 142 Å². The van der Waals surface area contributed by atoms with Crippen LogP contribution < -0.4 is 5.32 Å². The van der Waals surface area contributed by atoms with Crippen LogP contribution in [0.15, 0.2) is 36.4 Å². The van der Waals surface area contributed by atoms with E-state index in [1.54, 1.807) is 12.1 Å². The lowest BCUT2D eigenvalue weighted by Crippen LogP contribution is -2.41. The number of hydrogen-bond donors (Lipinski definition) is 2. The highest BCUT2D eigenvalue weighted by atomic mass is 16.3. The molecule has 2 heterocycles. The van der Waals surface area contributed by atoms with Crippen molar-refractivity contribution in [2.75, 3.05) is 19.7 Å². The molecule has 3 rings (SSSR count). The van der Waals surface area contributed by atoms with Gasteiger partial charge in [-0.25, -0.2) is 0 Å². The SMILES string of the molecule is Cc1cc(CN2C[C@@H](CO)[C@H](NC(=O)c3ccccc3)C2)n(C)n1. The summed E-state index contributed by atoms with van der Waals surface area (Å²) in [5.74, 6) is -0.0377. The first-order valence-electron chi connectivity index (χ1n) is 8.25. The second-order valence-corrected chi connectivity index (χ2v) is 6.48. The largest absolute Gasteiger partial charge is 0.396 e. The molecule has 24 heavy (non-hydrogen) atoms. The van der Waals surface area contributed by atoms with Crippen molar-refractivity contribution in [2.24, 2.45) is 13.0 Å². The third kappa shape index (κ3) is 3.66. The first kappa shape index (κ1) is 16.7. The number of carbonyl (C=O) groups is 1. The number of benzene rings is 1. The quantitative estimate of drug-likeness (QED) is 0.857. The van der Waals surface area contributed by atoms with Gasteiger partial charge in [0.05, 0.1) is 11.4 Å².